The first kappa shape index (κ1) is 27.1. The fourth-order valence-corrected chi connectivity index (χ4v) is 3.63. The number of hydrogen-bond donors (Lipinski definition) is 0. The second kappa shape index (κ2) is 12.9. The van der Waals surface area contributed by atoms with Gasteiger partial charge in [-0.2, -0.15) is 8.78 Å². The molecule has 0 aliphatic heterocycles. The van der Waals surface area contributed by atoms with Gasteiger partial charge in [0.1, 0.15) is 5.75 Å². The summed E-state index contributed by atoms with van der Waals surface area (Å²) in [5.41, 5.74) is 1.07. The van der Waals surface area contributed by atoms with E-state index in [0.717, 1.165) is 37.0 Å². The van der Waals surface area contributed by atoms with Crippen molar-refractivity contribution in [2.24, 2.45) is 0 Å². The number of aryl methyl sites for hydroxylation is 1. The molecular formula is C26H33F5O2. The Kier molecular flexibility index (Phi) is 10.6. The quantitative estimate of drug-likeness (QED) is 0.202. The van der Waals surface area contributed by atoms with Gasteiger partial charge in [0.25, 0.3) is 0 Å². The lowest BCUT2D eigenvalue weighted by atomic mass is 10.0. The van der Waals surface area contributed by atoms with Gasteiger partial charge in [-0.1, -0.05) is 88.3 Å². The van der Waals surface area contributed by atoms with Gasteiger partial charge in [-0.3, -0.25) is 0 Å². The molecule has 0 aliphatic carbocycles. The van der Waals surface area contributed by atoms with Gasteiger partial charge >= 0.3 is 12.5 Å². The van der Waals surface area contributed by atoms with Gasteiger partial charge in [-0.25, -0.2) is 0 Å². The molecule has 0 radical (unpaired) electrons. The highest BCUT2D eigenvalue weighted by atomic mass is 19.4. The highest BCUT2D eigenvalue weighted by molar-refractivity contribution is 5.29. The standard InChI is InChI=1S/C26H33F5O2/c1-3-4-5-6-7-8-9-10-11-21-12-16-23(17-13-21)25(27,28)32-20(2)22-14-18-24(19-15-22)33-26(29,30)31/h12-20H,3-11H2,1-2H3. The molecule has 2 nitrogen and oxygen atoms in total. The number of hydrogen-bond acceptors (Lipinski definition) is 2. The van der Waals surface area contributed by atoms with Gasteiger partial charge in [0, 0.05) is 0 Å². The van der Waals surface area contributed by atoms with Crippen LogP contribution in [0.4, 0.5) is 22.0 Å². The second-order valence-corrected chi connectivity index (χ2v) is 8.32. The number of rotatable bonds is 14. The van der Waals surface area contributed by atoms with Crippen molar-refractivity contribution in [1.82, 2.24) is 0 Å². The summed E-state index contributed by atoms with van der Waals surface area (Å²) in [7, 11) is 0. The monoisotopic (exact) mass is 472 g/mol. The molecule has 1 atom stereocenters. The summed E-state index contributed by atoms with van der Waals surface area (Å²) < 4.78 is 74.7. The predicted molar refractivity (Wildman–Crippen MR) is 119 cm³/mol. The van der Waals surface area contributed by atoms with E-state index in [1.165, 1.54) is 69.7 Å². The second-order valence-electron chi connectivity index (χ2n) is 8.32. The van der Waals surface area contributed by atoms with Crippen LogP contribution in [-0.2, 0) is 17.3 Å². The molecule has 0 bridgehead atoms. The normalized spacial score (nSPS) is 13.2. The van der Waals surface area contributed by atoms with Crippen LogP contribution in [0, 0.1) is 0 Å². The molecule has 0 fully saturated rings. The molecule has 0 aliphatic rings. The predicted octanol–water partition coefficient (Wildman–Crippen LogP) is 9.10. The largest absolute Gasteiger partial charge is 0.573 e. The first-order chi connectivity index (χ1) is 15.6. The fraction of sp³-hybridized carbons (Fsp3) is 0.538. The minimum absolute atomic E-state index is 0.258. The van der Waals surface area contributed by atoms with Crippen molar-refractivity contribution in [3.05, 3.63) is 65.2 Å². The summed E-state index contributed by atoms with van der Waals surface area (Å²) in [5, 5.41) is 0. The zero-order valence-corrected chi connectivity index (χ0v) is 19.3. The van der Waals surface area contributed by atoms with Crippen LogP contribution in [0.25, 0.3) is 0 Å². The summed E-state index contributed by atoms with van der Waals surface area (Å²) in [5.74, 6) is -0.419. The molecule has 0 saturated heterocycles. The van der Waals surface area contributed by atoms with Crippen molar-refractivity contribution in [1.29, 1.82) is 0 Å². The van der Waals surface area contributed by atoms with Crippen LogP contribution in [0.3, 0.4) is 0 Å². The van der Waals surface area contributed by atoms with Gasteiger partial charge < -0.3 is 9.47 Å². The molecule has 0 spiro atoms. The molecule has 0 heterocycles. The van der Waals surface area contributed by atoms with Gasteiger partial charge in [-0.05, 0) is 43.0 Å². The summed E-state index contributed by atoms with van der Waals surface area (Å²) >= 11 is 0. The molecular weight excluding hydrogens is 439 g/mol. The van der Waals surface area contributed by atoms with E-state index < -0.39 is 24.3 Å². The third kappa shape index (κ3) is 10.1. The van der Waals surface area contributed by atoms with Crippen molar-refractivity contribution in [3.8, 4) is 5.75 Å². The molecule has 0 saturated carbocycles. The fourth-order valence-electron chi connectivity index (χ4n) is 3.63. The van der Waals surface area contributed by atoms with Crippen LogP contribution in [0.15, 0.2) is 48.5 Å². The Morgan fingerprint density at radius 3 is 1.82 bits per heavy atom. The van der Waals surface area contributed by atoms with Crippen molar-refractivity contribution in [3.63, 3.8) is 0 Å². The molecule has 7 heteroatoms. The van der Waals surface area contributed by atoms with Crippen molar-refractivity contribution >= 4 is 0 Å². The van der Waals surface area contributed by atoms with Crippen LogP contribution in [0.1, 0.15) is 88.0 Å². The molecule has 2 rings (SSSR count). The SMILES string of the molecule is CCCCCCCCCCc1ccc(C(F)(F)OC(C)c2ccc(OC(F)(F)F)cc2)cc1. The Hall–Kier alpha value is -2.15. The van der Waals surface area contributed by atoms with Crippen LogP contribution in [0.5, 0.6) is 5.75 Å². The van der Waals surface area contributed by atoms with Crippen LogP contribution in [-0.4, -0.2) is 6.36 Å². The van der Waals surface area contributed by atoms with E-state index in [1.807, 2.05) is 0 Å². The number of benzene rings is 2. The molecule has 0 N–H and O–H groups in total. The van der Waals surface area contributed by atoms with Crippen LogP contribution < -0.4 is 4.74 Å². The highest BCUT2D eigenvalue weighted by Gasteiger charge is 2.35. The minimum atomic E-state index is -4.81. The Morgan fingerprint density at radius 2 is 1.27 bits per heavy atom. The van der Waals surface area contributed by atoms with Gasteiger partial charge in [0.2, 0.25) is 0 Å². The van der Waals surface area contributed by atoms with E-state index >= 15 is 0 Å². The topological polar surface area (TPSA) is 18.5 Å². The Morgan fingerprint density at radius 1 is 0.727 bits per heavy atom. The molecule has 0 amide bonds. The van der Waals surface area contributed by atoms with E-state index in [4.69, 9.17) is 4.74 Å². The van der Waals surface area contributed by atoms with E-state index in [-0.39, 0.29) is 5.56 Å². The average Bonchev–Trinajstić information content (AvgIpc) is 2.75. The van der Waals surface area contributed by atoms with E-state index in [2.05, 4.69) is 11.7 Å². The molecule has 184 valence electrons. The summed E-state index contributed by atoms with van der Waals surface area (Å²) in [6.45, 7) is 3.62. The number of alkyl halides is 5. The number of ether oxygens (including phenoxy) is 2. The smallest absolute Gasteiger partial charge is 0.406 e. The van der Waals surface area contributed by atoms with Gasteiger partial charge in [0.15, 0.2) is 0 Å². The lowest BCUT2D eigenvalue weighted by Gasteiger charge is -2.22. The molecule has 2 aromatic rings. The summed E-state index contributed by atoms with van der Waals surface area (Å²) in [6, 6.07) is 10.8. The van der Waals surface area contributed by atoms with Gasteiger partial charge in [-0.15, -0.1) is 13.2 Å². The van der Waals surface area contributed by atoms with Crippen molar-refractivity contribution in [2.45, 2.75) is 90.2 Å². The highest BCUT2D eigenvalue weighted by Crippen LogP contribution is 2.36. The minimum Gasteiger partial charge on any atom is -0.406 e. The molecule has 2 aromatic carbocycles. The van der Waals surface area contributed by atoms with E-state index in [9.17, 15) is 22.0 Å². The first-order valence-electron chi connectivity index (χ1n) is 11.6. The Balaban J connectivity index is 1.82. The zero-order chi connectivity index (χ0) is 24.3. The third-order valence-corrected chi connectivity index (χ3v) is 5.52. The number of unbranched alkanes of at least 4 members (excludes halogenated alkanes) is 7. The molecule has 33 heavy (non-hydrogen) atoms. The summed E-state index contributed by atoms with van der Waals surface area (Å²) in [4.78, 5) is 0. The molecule has 0 aromatic heterocycles. The first-order valence-corrected chi connectivity index (χ1v) is 11.6. The van der Waals surface area contributed by atoms with Crippen molar-refractivity contribution < 1.29 is 31.4 Å². The summed E-state index contributed by atoms with van der Waals surface area (Å²) in [6.07, 6.45) is 1.22. The zero-order valence-electron chi connectivity index (χ0n) is 19.3. The maximum Gasteiger partial charge on any atom is 0.573 e. The van der Waals surface area contributed by atoms with E-state index in [0.29, 0.717) is 5.56 Å². The van der Waals surface area contributed by atoms with Crippen LogP contribution >= 0.6 is 0 Å². The maximum absolute atomic E-state index is 14.6. The van der Waals surface area contributed by atoms with Crippen molar-refractivity contribution in [2.75, 3.05) is 0 Å². The lowest BCUT2D eigenvalue weighted by molar-refractivity contribution is -0.274. The third-order valence-electron chi connectivity index (χ3n) is 5.52. The maximum atomic E-state index is 14.6. The lowest BCUT2D eigenvalue weighted by Crippen LogP contribution is -2.20. The Labute approximate surface area is 193 Å². The number of halogens is 5. The van der Waals surface area contributed by atoms with Gasteiger partial charge in [0.05, 0.1) is 11.7 Å². The average molecular weight is 473 g/mol. The van der Waals surface area contributed by atoms with Crippen LogP contribution in [0.2, 0.25) is 0 Å². The Bertz CT molecular complexity index is 801. The molecule has 1 unspecified atom stereocenters. The van der Waals surface area contributed by atoms with E-state index in [1.54, 1.807) is 12.1 Å².